The van der Waals surface area contributed by atoms with E-state index >= 15 is 0 Å². The summed E-state index contributed by atoms with van der Waals surface area (Å²) in [5.74, 6) is 0.226. The number of carbonyl (C=O) groups is 1. The van der Waals surface area contributed by atoms with E-state index in [-0.39, 0.29) is 24.7 Å². The fourth-order valence-corrected chi connectivity index (χ4v) is 2.03. The van der Waals surface area contributed by atoms with Crippen LogP contribution < -0.4 is 9.47 Å². The van der Waals surface area contributed by atoms with Crippen molar-refractivity contribution in [3.63, 3.8) is 0 Å². The SMILES string of the molecule is COC(=O)c1cccc(OCCOc2ccc(C)cc2[N+](=O)[O-])c1. The molecule has 0 heterocycles. The molecule has 0 aromatic heterocycles. The molecule has 0 spiro atoms. The minimum atomic E-state index is -0.483. The van der Waals surface area contributed by atoms with Gasteiger partial charge in [-0.25, -0.2) is 4.79 Å². The van der Waals surface area contributed by atoms with Gasteiger partial charge in [-0.3, -0.25) is 10.1 Å². The highest BCUT2D eigenvalue weighted by Crippen LogP contribution is 2.27. The summed E-state index contributed by atoms with van der Waals surface area (Å²) in [5, 5.41) is 11.0. The Morgan fingerprint density at radius 2 is 1.88 bits per heavy atom. The highest BCUT2D eigenvalue weighted by atomic mass is 16.6. The van der Waals surface area contributed by atoms with Crippen LogP contribution in [0.4, 0.5) is 5.69 Å². The summed E-state index contributed by atoms with van der Waals surface area (Å²) in [4.78, 5) is 22.0. The lowest BCUT2D eigenvalue weighted by Crippen LogP contribution is -2.10. The van der Waals surface area contributed by atoms with E-state index in [1.807, 2.05) is 0 Å². The number of hydrogen-bond acceptors (Lipinski definition) is 6. The van der Waals surface area contributed by atoms with Gasteiger partial charge in [-0.15, -0.1) is 0 Å². The van der Waals surface area contributed by atoms with Crippen LogP contribution in [0, 0.1) is 17.0 Å². The maximum atomic E-state index is 11.4. The molecule has 0 unspecified atom stereocenters. The molecule has 0 bridgehead atoms. The maximum absolute atomic E-state index is 11.4. The molecule has 7 heteroatoms. The zero-order valence-corrected chi connectivity index (χ0v) is 13.4. The first-order valence-electron chi connectivity index (χ1n) is 7.20. The lowest BCUT2D eigenvalue weighted by atomic mass is 10.2. The highest BCUT2D eigenvalue weighted by molar-refractivity contribution is 5.89. The number of nitrogens with zero attached hydrogens (tertiary/aromatic N) is 1. The van der Waals surface area contributed by atoms with Crippen LogP contribution in [-0.2, 0) is 4.74 Å². The Hall–Kier alpha value is -3.09. The zero-order chi connectivity index (χ0) is 17.5. The van der Waals surface area contributed by atoms with Crippen LogP contribution in [-0.4, -0.2) is 31.2 Å². The average molecular weight is 331 g/mol. The second-order valence-electron chi connectivity index (χ2n) is 4.94. The number of benzene rings is 2. The third-order valence-corrected chi connectivity index (χ3v) is 3.18. The zero-order valence-electron chi connectivity index (χ0n) is 13.4. The van der Waals surface area contributed by atoms with Crippen molar-refractivity contribution in [3.8, 4) is 11.5 Å². The van der Waals surface area contributed by atoms with E-state index in [0.717, 1.165) is 5.56 Å². The van der Waals surface area contributed by atoms with E-state index in [9.17, 15) is 14.9 Å². The van der Waals surface area contributed by atoms with Gasteiger partial charge >= 0.3 is 11.7 Å². The molecule has 24 heavy (non-hydrogen) atoms. The smallest absolute Gasteiger partial charge is 0.337 e. The van der Waals surface area contributed by atoms with Crippen molar-refractivity contribution in [2.45, 2.75) is 6.92 Å². The van der Waals surface area contributed by atoms with Crippen LogP contribution in [0.1, 0.15) is 15.9 Å². The molecule has 0 amide bonds. The lowest BCUT2D eigenvalue weighted by molar-refractivity contribution is -0.385. The van der Waals surface area contributed by atoms with Crippen molar-refractivity contribution in [2.24, 2.45) is 0 Å². The number of methoxy groups -OCH3 is 1. The standard InChI is InChI=1S/C17H17NO6/c1-12-6-7-16(15(10-12)18(20)21)24-9-8-23-14-5-3-4-13(11-14)17(19)22-2/h3-7,10-11H,8-9H2,1-2H3. The average Bonchev–Trinajstić information content (AvgIpc) is 2.59. The van der Waals surface area contributed by atoms with Gasteiger partial charge < -0.3 is 14.2 Å². The van der Waals surface area contributed by atoms with Crippen LogP contribution in [0.2, 0.25) is 0 Å². The third-order valence-electron chi connectivity index (χ3n) is 3.18. The summed E-state index contributed by atoms with van der Waals surface area (Å²) in [6.45, 7) is 2.08. The molecule has 0 saturated carbocycles. The van der Waals surface area contributed by atoms with Gasteiger partial charge in [0.1, 0.15) is 19.0 Å². The Morgan fingerprint density at radius 3 is 2.58 bits per heavy atom. The summed E-state index contributed by atoms with van der Waals surface area (Å²) in [6, 6.07) is 11.3. The molecule has 7 nitrogen and oxygen atoms in total. The number of carbonyl (C=O) groups excluding carboxylic acids is 1. The van der Waals surface area contributed by atoms with Crippen molar-refractivity contribution >= 4 is 11.7 Å². The second-order valence-corrected chi connectivity index (χ2v) is 4.94. The quantitative estimate of drug-likeness (QED) is 0.335. The molecular weight excluding hydrogens is 314 g/mol. The van der Waals surface area contributed by atoms with Gasteiger partial charge in [0.05, 0.1) is 17.6 Å². The lowest BCUT2D eigenvalue weighted by Gasteiger charge is -2.09. The highest BCUT2D eigenvalue weighted by Gasteiger charge is 2.15. The molecule has 2 rings (SSSR count). The number of esters is 1. The molecule has 0 aliphatic heterocycles. The minimum Gasteiger partial charge on any atom is -0.490 e. The first kappa shape index (κ1) is 17.3. The number of hydrogen-bond donors (Lipinski definition) is 0. The topological polar surface area (TPSA) is 87.9 Å². The summed E-state index contributed by atoms with van der Waals surface area (Å²) in [6.07, 6.45) is 0. The Kier molecular flexibility index (Phi) is 5.73. The molecule has 0 aliphatic carbocycles. The monoisotopic (exact) mass is 331 g/mol. The van der Waals surface area contributed by atoms with Crippen molar-refractivity contribution in [1.29, 1.82) is 0 Å². The fourth-order valence-electron chi connectivity index (χ4n) is 2.03. The number of nitro groups is 1. The Balaban J connectivity index is 1.92. The van der Waals surface area contributed by atoms with Gasteiger partial charge in [0.15, 0.2) is 5.75 Å². The fraction of sp³-hybridized carbons (Fsp3) is 0.235. The number of ether oxygens (including phenoxy) is 3. The van der Waals surface area contributed by atoms with Gasteiger partial charge in [-0.1, -0.05) is 12.1 Å². The Bertz CT molecular complexity index is 744. The molecule has 2 aromatic carbocycles. The molecule has 0 fully saturated rings. The van der Waals surface area contributed by atoms with Gasteiger partial charge in [0, 0.05) is 6.07 Å². The predicted octanol–water partition coefficient (Wildman–Crippen LogP) is 3.15. The van der Waals surface area contributed by atoms with E-state index in [4.69, 9.17) is 9.47 Å². The number of rotatable bonds is 7. The van der Waals surface area contributed by atoms with Crippen LogP contribution in [0.25, 0.3) is 0 Å². The molecule has 0 atom stereocenters. The van der Waals surface area contributed by atoms with Gasteiger partial charge in [-0.05, 0) is 36.8 Å². The normalized spacial score (nSPS) is 10.1. The van der Waals surface area contributed by atoms with Crippen LogP contribution in [0.15, 0.2) is 42.5 Å². The van der Waals surface area contributed by atoms with E-state index in [1.54, 1.807) is 43.3 Å². The van der Waals surface area contributed by atoms with E-state index in [1.165, 1.54) is 13.2 Å². The van der Waals surface area contributed by atoms with E-state index in [2.05, 4.69) is 4.74 Å². The Morgan fingerprint density at radius 1 is 1.12 bits per heavy atom. The second kappa shape index (κ2) is 7.96. The maximum Gasteiger partial charge on any atom is 0.337 e. The van der Waals surface area contributed by atoms with Crippen molar-refractivity contribution in [2.75, 3.05) is 20.3 Å². The summed E-state index contributed by atoms with van der Waals surface area (Å²) < 4.78 is 15.5. The van der Waals surface area contributed by atoms with E-state index < -0.39 is 10.9 Å². The summed E-state index contributed by atoms with van der Waals surface area (Å²) in [5.41, 5.74) is 1.08. The summed E-state index contributed by atoms with van der Waals surface area (Å²) >= 11 is 0. The number of aryl methyl sites for hydroxylation is 1. The number of nitro benzene ring substituents is 1. The predicted molar refractivity (Wildman–Crippen MR) is 86.6 cm³/mol. The van der Waals surface area contributed by atoms with Crippen molar-refractivity contribution < 1.29 is 23.9 Å². The van der Waals surface area contributed by atoms with Crippen molar-refractivity contribution in [3.05, 3.63) is 63.7 Å². The van der Waals surface area contributed by atoms with Gasteiger partial charge in [0.25, 0.3) is 0 Å². The van der Waals surface area contributed by atoms with Crippen molar-refractivity contribution in [1.82, 2.24) is 0 Å². The third kappa shape index (κ3) is 4.45. The molecule has 2 aromatic rings. The Labute approximate surface area is 138 Å². The largest absolute Gasteiger partial charge is 0.490 e. The van der Waals surface area contributed by atoms with E-state index in [0.29, 0.717) is 11.3 Å². The molecule has 0 N–H and O–H groups in total. The summed E-state index contributed by atoms with van der Waals surface area (Å²) in [7, 11) is 1.30. The first-order valence-corrected chi connectivity index (χ1v) is 7.20. The van der Waals surface area contributed by atoms with Gasteiger partial charge in [-0.2, -0.15) is 0 Å². The first-order chi connectivity index (χ1) is 11.5. The molecule has 0 radical (unpaired) electrons. The van der Waals surface area contributed by atoms with Crippen LogP contribution in [0.3, 0.4) is 0 Å². The van der Waals surface area contributed by atoms with Crippen LogP contribution in [0.5, 0.6) is 11.5 Å². The minimum absolute atomic E-state index is 0.0808. The molecule has 126 valence electrons. The van der Waals surface area contributed by atoms with Crippen LogP contribution >= 0.6 is 0 Å². The molecule has 0 saturated heterocycles. The molecular formula is C17H17NO6. The van der Waals surface area contributed by atoms with Gasteiger partial charge in [0.2, 0.25) is 0 Å². The molecule has 0 aliphatic rings.